The van der Waals surface area contributed by atoms with Gasteiger partial charge in [0.1, 0.15) is 17.7 Å². The summed E-state index contributed by atoms with van der Waals surface area (Å²) in [5.41, 5.74) is 0.596. The van der Waals surface area contributed by atoms with Crippen LogP contribution in [0.2, 0.25) is 0 Å². The highest BCUT2D eigenvalue weighted by Gasteiger charge is 2.30. The molecule has 0 radical (unpaired) electrons. The molecule has 1 aliphatic heterocycles. The average Bonchev–Trinajstić information content (AvgIpc) is 3.17. The molecule has 24 heavy (non-hydrogen) atoms. The van der Waals surface area contributed by atoms with Crippen LogP contribution in [0, 0.1) is 17.1 Å². The molecule has 4 rings (SSSR count). The van der Waals surface area contributed by atoms with Crippen molar-refractivity contribution in [2.45, 2.75) is 18.9 Å². The largest absolute Gasteiger partial charge is 0.351 e. The highest BCUT2D eigenvalue weighted by molar-refractivity contribution is 5.41. The van der Waals surface area contributed by atoms with Crippen LogP contribution in [0.1, 0.15) is 29.5 Å². The van der Waals surface area contributed by atoms with Gasteiger partial charge in [-0.25, -0.2) is 9.18 Å². The molecule has 0 bridgehead atoms. The lowest BCUT2D eigenvalue weighted by Crippen LogP contribution is -2.26. The van der Waals surface area contributed by atoms with Crippen LogP contribution in [-0.4, -0.2) is 24.3 Å². The van der Waals surface area contributed by atoms with Crippen molar-refractivity contribution in [1.82, 2.24) is 24.3 Å². The van der Waals surface area contributed by atoms with E-state index in [9.17, 15) is 9.18 Å². The van der Waals surface area contributed by atoms with Crippen molar-refractivity contribution < 1.29 is 4.39 Å². The Hall–Kier alpha value is -3.34. The number of hydrogen-bond donors (Lipinski definition) is 0. The average molecular weight is 322 g/mol. The van der Waals surface area contributed by atoms with Gasteiger partial charge in [-0.3, -0.25) is 14.5 Å². The Morgan fingerprint density at radius 3 is 2.96 bits per heavy atom. The van der Waals surface area contributed by atoms with E-state index < -0.39 is 5.82 Å². The molecule has 1 aromatic carbocycles. The zero-order valence-corrected chi connectivity index (χ0v) is 12.4. The van der Waals surface area contributed by atoms with E-state index in [1.807, 2.05) is 0 Å². The molecule has 0 spiro atoms. The van der Waals surface area contributed by atoms with Gasteiger partial charge >= 0.3 is 5.69 Å². The van der Waals surface area contributed by atoms with Gasteiger partial charge < -0.3 is 0 Å². The van der Waals surface area contributed by atoms with Gasteiger partial charge in [-0.05, 0) is 24.6 Å². The number of aromatic nitrogens is 5. The van der Waals surface area contributed by atoms with Gasteiger partial charge in [0.05, 0.1) is 29.2 Å². The zero-order valence-electron chi connectivity index (χ0n) is 12.4. The molecule has 7 nitrogen and oxygen atoms in total. The summed E-state index contributed by atoms with van der Waals surface area (Å²) in [5, 5.41) is 13.3. The number of nitrogens with zero attached hydrogens (tertiary/aromatic N) is 6. The fourth-order valence-electron chi connectivity index (χ4n) is 2.96. The van der Waals surface area contributed by atoms with Crippen LogP contribution in [0.3, 0.4) is 0 Å². The highest BCUT2D eigenvalue weighted by Crippen LogP contribution is 2.27. The van der Waals surface area contributed by atoms with Gasteiger partial charge in [-0.15, -0.1) is 5.10 Å². The summed E-state index contributed by atoms with van der Waals surface area (Å²) in [4.78, 5) is 21.1. The van der Waals surface area contributed by atoms with E-state index in [1.54, 1.807) is 29.2 Å². The minimum Gasteiger partial charge on any atom is -0.269 e. The van der Waals surface area contributed by atoms with Gasteiger partial charge in [-0.2, -0.15) is 9.94 Å². The number of fused-ring (bicyclic) bond motifs is 1. The predicted octanol–water partition coefficient (Wildman–Crippen LogP) is 1.37. The second kappa shape index (κ2) is 5.38. The third-order valence-electron chi connectivity index (χ3n) is 4.07. The van der Waals surface area contributed by atoms with Crippen LogP contribution in [0.15, 0.2) is 41.6 Å². The number of benzene rings is 1. The minimum absolute atomic E-state index is 0.127. The van der Waals surface area contributed by atoms with E-state index in [0.29, 0.717) is 23.6 Å². The zero-order chi connectivity index (χ0) is 16.7. The molecule has 0 fully saturated rings. The van der Waals surface area contributed by atoms with Crippen LogP contribution < -0.4 is 5.69 Å². The van der Waals surface area contributed by atoms with E-state index in [2.05, 4.69) is 15.1 Å². The van der Waals surface area contributed by atoms with E-state index >= 15 is 0 Å². The molecule has 1 atom stereocenters. The summed E-state index contributed by atoms with van der Waals surface area (Å²) in [7, 11) is 0. The maximum atomic E-state index is 13.5. The first-order chi connectivity index (χ1) is 11.7. The van der Waals surface area contributed by atoms with E-state index in [0.717, 1.165) is 12.5 Å². The molecule has 0 amide bonds. The van der Waals surface area contributed by atoms with Crippen molar-refractivity contribution >= 4 is 0 Å². The summed E-state index contributed by atoms with van der Waals surface area (Å²) in [6.45, 7) is 0. The minimum atomic E-state index is -0.626. The SMILES string of the molecule is N#Cc1cc(-n2nc3n(c2=O)[C@H](c2cnccn2)CC3)ccc1F. The first-order valence-corrected chi connectivity index (χ1v) is 7.35. The predicted molar refractivity (Wildman–Crippen MR) is 81.0 cm³/mol. The van der Waals surface area contributed by atoms with Crippen LogP contribution in [0.25, 0.3) is 5.69 Å². The Labute approximate surface area is 135 Å². The molecule has 0 aliphatic carbocycles. The smallest absolute Gasteiger partial charge is 0.269 e. The number of halogens is 1. The van der Waals surface area contributed by atoms with Crippen LogP contribution in [0.5, 0.6) is 0 Å². The van der Waals surface area contributed by atoms with Crippen molar-refractivity contribution in [2.75, 3.05) is 0 Å². The fourth-order valence-corrected chi connectivity index (χ4v) is 2.96. The molecule has 118 valence electrons. The summed E-state index contributed by atoms with van der Waals surface area (Å²) in [5.74, 6) is 0.0111. The quantitative estimate of drug-likeness (QED) is 0.711. The lowest BCUT2D eigenvalue weighted by molar-refractivity contribution is 0.570. The molecule has 0 unspecified atom stereocenters. The first-order valence-electron chi connectivity index (χ1n) is 7.35. The number of hydrogen-bond acceptors (Lipinski definition) is 5. The second-order valence-electron chi connectivity index (χ2n) is 5.44. The monoisotopic (exact) mass is 322 g/mol. The maximum Gasteiger partial charge on any atom is 0.351 e. The molecule has 2 aromatic heterocycles. The van der Waals surface area contributed by atoms with Crippen LogP contribution >= 0.6 is 0 Å². The Balaban J connectivity index is 1.83. The number of nitriles is 1. The van der Waals surface area contributed by atoms with Crippen molar-refractivity contribution in [2.24, 2.45) is 0 Å². The molecule has 0 saturated heterocycles. The Morgan fingerprint density at radius 1 is 1.33 bits per heavy atom. The molecular formula is C16H11FN6O. The Morgan fingerprint density at radius 2 is 2.21 bits per heavy atom. The van der Waals surface area contributed by atoms with Crippen molar-refractivity contribution in [1.29, 1.82) is 5.26 Å². The molecular weight excluding hydrogens is 311 g/mol. The van der Waals surface area contributed by atoms with E-state index in [1.165, 1.54) is 16.8 Å². The molecule has 0 N–H and O–H groups in total. The molecule has 8 heteroatoms. The summed E-state index contributed by atoms with van der Waals surface area (Å²) in [6.07, 6.45) is 6.16. The first kappa shape index (κ1) is 14.3. The fraction of sp³-hybridized carbons (Fsp3) is 0.188. The second-order valence-corrected chi connectivity index (χ2v) is 5.44. The van der Waals surface area contributed by atoms with Crippen LogP contribution in [-0.2, 0) is 6.42 Å². The summed E-state index contributed by atoms with van der Waals surface area (Å²) in [6, 6.07) is 5.45. The standard InChI is InChI=1S/C16H11FN6O/c17-12-2-1-11(7-10(12)8-18)23-16(24)22-14(3-4-15(22)21-23)13-9-19-5-6-20-13/h1-2,5-7,9,14H,3-4H2/t14-/m0/s1. The Kier molecular flexibility index (Phi) is 3.20. The normalized spacial score (nSPS) is 15.9. The molecule has 0 saturated carbocycles. The van der Waals surface area contributed by atoms with Gasteiger partial charge in [0, 0.05) is 18.8 Å². The maximum absolute atomic E-state index is 13.5. The van der Waals surface area contributed by atoms with E-state index in [-0.39, 0.29) is 17.3 Å². The highest BCUT2D eigenvalue weighted by atomic mass is 19.1. The van der Waals surface area contributed by atoms with Gasteiger partial charge in [0.2, 0.25) is 0 Å². The van der Waals surface area contributed by atoms with Crippen LogP contribution in [0.4, 0.5) is 4.39 Å². The van der Waals surface area contributed by atoms with Crippen molar-refractivity contribution in [3.63, 3.8) is 0 Å². The van der Waals surface area contributed by atoms with E-state index in [4.69, 9.17) is 5.26 Å². The van der Waals surface area contributed by atoms with Gasteiger partial charge in [0.25, 0.3) is 0 Å². The summed E-state index contributed by atoms with van der Waals surface area (Å²) < 4.78 is 16.3. The number of aryl methyl sites for hydroxylation is 1. The molecule has 1 aliphatic rings. The third-order valence-corrected chi connectivity index (χ3v) is 4.07. The Bertz CT molecular complexity index is 1020. The summed E-state index contributed by atoms with van der Waals surface area (Å²) >= 11 is 0. The topological polar surface area (TPSA) is 89.4 Å². The van der Waals surface area contributed by atoms with Gasteiger partial charge in [-0.1, -0.05) is 0 Å². The van der Waals surface area contributed by atoms with Crippen molar-refractivity contribution in [3.8, 4) is 11.8 Å². The third kappa shape index (κ3) is 2.10. The molecule has 3 heterocycles. The lowest BCUT2D eigenvalue weighted by atomic mass is 10.1. The van der Waals surface area contributed by atoms with Gasteiger partial charge in [0.15, 0.2) is 0 Å². The lowest BCUT2D eigenvalue weighted by Gasteiger charge is -2.10. The van der Waals surface area contributed by atoms with Crippen molar-refractivity contribution in [3.05, 3.63) is 70.2 Å². The number of rotatable bonds is 2. The molecule has 3 aromatic rings.